The number of aromatic nitrogens is 4. The zero-order valence-corrected chi connectivity index (χ0v) is 18.4. The maximum absolute atomic E-state index is 12.2. The summed E-state index contributed by atoms with van der Waals surface area (Å²) >= 11 is 1.44. The number of aryl methyl sites for hydroxylation is 1. The van der Waals surface area contributed by atoms with E-state index in [-0.39, 0.29) is 11.8 Å². The highest BCUT2D eigenvalue weighted by atomic mass is 32.1. The van der Waals surface area contributed by atoms with E-state index in [9.17, 15) is 9.59 Å². The van der Waals surface area contributed by atoms with E-state index in [2.05, 4.69) is 20.6 Å². The zero-order valence-electron chi connectivity index (χ0n) is 17.5. The molecule has 2 N–H and O–H groups in total. The summed E-state index contributed by atoms with van der Waals surface area (Å²) in [5.74, 6) is -0.314. The van der Waals surface area contributed by atoms with Crippen LogP contribution in [0.25, 0.3) is 27.5 Å². The smallest absolute Gasteiger partial charge is 0.251 e. The van der Waals surface area contributed by atoms with Crippen LogP contribution in [-0.2, 0) is 17.6 Å². The fourth-order valence-electron chi connectivity index (χ4n) is 3.92. The SMILES string of the molecule is CNC(=O)c1cccc(-n2nc(-c3cccnc3)c3c2-c2sc(NC(C)=O)nc2CC3)c1. The van der Waals surface area contributed by atoms with Crippen molar-refractivity contribution in [2.45, 2.75) is 19.8 Å². The van der Waals surface area contributed by atoms with Gasteiger partial charge in [0.25, 0.3) is 5.91 Å². The molecule has 8 nitrogen and oxygen atoms in total. The van der Waals surface area contributed by atoms with Gasteiger partial charge in [-0.3, -0.25) is 14.6 Å². The molecule has 0 bridgehead atoms. The molecule has 5 rings (SSSR count). The first-order valence-electron chi connectivity index (χ1n) is 10.2. The average molecular weight is 445 g/mol. The molecule has 1 aliphatic carbocycles. The molecule has 32 heavy (non-hydrogen) atoms. The van der Waals surface area contributed by atoms with E-state index < -0.39 is 0 Å². The van der Waals surface area contributed by atoms with E-state index in [1.165, 1.54) is 18.3 Å². The summed E-state index contributed by atoms with van der Waals surface area (Å²) in [4.78, 5) is 33.7. The van der Waals surface area contributed by atoms with Crippen LogP contribution in [0.1, 0.15) is 28.5 Å². The Morgan fingerprint density at radius 3 is 2.78 bits per heavy atom. The van der Waals surface area contributed by atoms with Crippen molar-refractivity contribution in [3.05, 3.63) is 65.6 Å². The summed E-state index contributed by atoms with van der Waals surface area (Å²) in [6, 6.07) is 11.2. The maximum atomic E-state index is 12.2. The predicted molar refractivity (Wildman–Crippen MR) is 123 cm³/mol. The van der Waals surface area contributed by atoms with E-state index in [1.54, 1.807) is 25.5 Å². The molecule has 1 aromatic carbocycles. The Hall–Kier alpha value is -3.85. The predicted octanol–water partition coefficient (Wildman–Crippen LogP) is 3.47. The summed E-state index contributed by atoms with van der Waals surface area (Å²) in [7, 11) is 1.61. The lowest BCUT2D eigenvalue weighted by Gasteiger charge is -2.14. The van der Waals surface area contributed by atoms with Gasteiger partial charge in [0.15, 0.2) is 5.13 Å². The van der Waals surface area contributed by atoms with Crippen LogP contribution in [0.2, 0.25) is 0 Å². The van der Waals surface area contributed by atoms with Crippen molar-refractivity contribution in [3.8, 4) is 27.5 Å². The highest BCUT2D eigenvalue weighted by Crippen LogP contribution is 2.44. The van der Waals surface area contributed by atoms with Gasteiger partial charge in [-0.2, -0.15) is 5.10 Å². The number of pyridine rings is 1. The Bertz CT molecular complexity index is 1340. The van der Waals surface area contributed by atoms with Crippen molar-refractivity contribution < 1.29 is 9.59 Å². The molecule has 0 aliphatic heterocycles. The van der Waals surface area contributed by atoms with E-state index in [0.29, 0.717) is 10.7 Å². The third kappa shape index (κ3) is 3.46. The van der Waals surface area contributed by atoms with Gasteiger partial charge in [-0.1, -0.05) is 17.4 Å². The molecule has 3 heterocycles. The summed E-state index contributed by atoms with van der Waals surface area (Å²) in [5.41, 5.74) is 6.10. The molecule has 3 aromatic heterocycles. The number of fused-ring (bicyclic) bond motifs is 3. The number of benzene rings is 1. The molecule has 1 aliphatic rings. The standard InChI is InChI=1S/C23H20N6O2S/c1-13(30)26-23-27-18-9-8-17-19(15-6-4-10-25-12-15)28-29(20(17)21(18)32-23)16-7-3-5-14(11-16)22(31)24-2/h3-7,10-12H,8-9H2,1-2H3,(H,24,31)(H,26,27,30). The van der Waals surface area contributed by atoms with Crippen molar-refractivity contribution in [1.29, 1.82) is 0 Å². The average Bonchev–Trinajstić information content (AvgIpc) is 3.39. The number of nitrogens with zero attached hydrogens (tertiary/aromatic N) is 4. The minimum Gasteiger partial charge on any atom is -0.355 e. The minimum absolute atomic E-state index is 0.154. The molecule has 0 unspecified atom stereocenters. The summed E-state index contributed by atoms with van der Waals surface area (Å²) in [6.45, 7) is 1.47. The third-order valence-electron chi connectivity index (χ3n) is 5.31. The van der Waals surface area contributed by atoms with Crippen molar-refractivity contribution in [2.75, 3.05) is 12.4 Å². The van der Waals surface area contributed by atoms with Crippen molar-refractivity contribution in [2.24, 2.45) is 0 Å². The topological polar surface area (TPSA) is 102 Å². The van der Waals surface area contributed by atoms with Crippen LogP contribution < -0.4 is 10.6 Å². The third-order valence-corrected chi connectivity index (χ3v) is 6.33. The van der Waals surface area contributed by atoms with E-state index in [4.69, 9.17) is 5.10 Å². The first-order valence-corrected chi connectivity index (χ1v) is 11.0. The molecule has 0 saturated heterocycles. The molecule has 160 valence electrons. The monoisotopic (exact) mass is 444 g/mol. The number of thiazole rings is 1. The minimum atomic E-state index is -0.160. The lowest BCUT2D eigenvalue weighted by molar-refractivity contribution is -0.114. The number of rotatable bonds is 4. The molecule has 0 saturated carbocycles. The highest BCUT2D eigenvalue weighted by Gasteiger charge is 2.30. The van der Waals surface area contributed by atoms with Gasteiger partial charge in [-0.25, -0.2) is 9.67 Å². The number of carbonyl (C=O) groups excluding carboxylic acids is 2. The first-order chi connectivity index (χ1) is 15.5. The molecular weight excluding hydrogens is 424 g/mol. The van der Waals surface area contributed by atoms with Gasteiger partial charge in [-0.15, -0.1) is 0 Å². The molecule has 0 fully saturated rings. The van der Waals surface area contributed by atoms with Crippen LogP contribution in [0.3, 0.4) is 0 Å². The van der Waals surface area contributed by atoms with Crippen molar-refractivity contribution in [3.63, 3.8) is 0 Å². The van der Waals surface area contributed by atoms with Gasteiger partial charge in [0, 0.05) is 43.1 Å². The fourth-order valence-corrected chi connectivity index (χ4v) is 5.03. The second kappa shape index (κ2) is 8.01. The second-order valence-corrected chi connectivity index (χ2v) is 8.43. The Labute approximate surface area is 188 Å². The molecule has 4 aromatic rings. The van der Waals surface area contributed by atoms with Gasteiger partial charge in [0.1, 0.15) is 0 Å². The first kappa shape index (κ1) is 20.1. The molecule has 0 radical (unpaired) electrons. The van der Waals surface area contributed by atoms with Crippen molar-refractivity contribution in [1.82, 2.24) is 25.1 Å². The Morgan fingerprint density at radius 2 is 2.03 bits per heavy atom. The number of hydrogen-bond donors (Lipinski definition) is 2. The number of hydrogen-bond acceptors (Lipinski definition) is 6. The molecule has 2 amide bonds. The maximum Gasteiger partial charge on any atom is 0.251 e. The summed E-state index contributed by atoms with van der Waals surface area (Å²) < 4.78 is 1.87. The van der Waals surface area contributed by atoms with E-state index in [1.807, 2.05) is 35.0 Å². The number of carbonyl (C=O) groups is 2. The van der Waals surface area contributed by atoms with Gasteiger partial charge in [0.05, 0.1) is 27.6 Å². The van der Waals surface area contributed by atoms with Crippen LogP contribution in [0.4, 0.5) is 5.13 Å². The molecular formula is C23H20N6O2S. The summed E-state index contributed by atoms with van der Waals surface area (Å²) in [6.07, 6.45) is 5.07. The molecule has 0 spiro atoms. The largest absolute Gasteiger partial charge is 0.355 e. The van der Waals surface area contributed by atoms with Gasteiger partial charge >= 0.3 is 0 Å². The molecule has 0 atom stereocenters. The number of nitrogens with one attached hydrogen (secondary N) is 2. The molecule has 9 heteroatoms. The van der Waals surface area contributed by atoms with E-state index in [0.717, 1.165) is 51.6 Å². The van der Waals surface area contributed by atoms with Gasteiger partial charge in [0.2, 0.25) is 5.91 Å². The van der Waals surface area contributed by atoms with Crippen LogP contribution in [0, 0.1) is 0 Å². The van der Waals surface area contributed by atoms with Crippen LogP contribution in [0.15, 0.2) is 48.8 Å². The second-order valence-electron chi connectivity index (χ2n) is 7.43. The Kier molecular flexibility index (Phi) is 5.02. The van der Waals surface area contributed by atoms with Gasteiger partial charge < -0.3 is 10.6 Å². The highest BCUT2D eigenvalue weighted by molar-refractivity contribution is 7.19. The van der Waals surface area contributed by atoms with E-state index >= 15 is 0 Å². The lowest BCUT2D eigenvalue weighted by Crippen LogP contribution is -2.18. The van der Waals surface area contributed by atoms with Crippen LogP contribution in [-0.4, -0.2) is 38.6 Å². The normalized spacial score (nSPS) is 12.1. The van der Waals surface area contributed by atoms with Gasteiger partial charge in [-0.05, 0) is 43.2 Å². The van der Waals surface area contributed by atoms with Crippen molar-refractivity contribution >= 4 is 28.3 Å². The summed E-state index contributed by atoms with van der Waals surface area (Å²) in [5, 5.41) is 11.0. The zero-order chi connectivity index (χ0) is 22.2. The lowest BCUT2D eigenvalue weighted by atomic mass is 9.95. The number of anilines is 1. The number of amides is 2. The van der Waals surface area contributed by atoms with Crippen LogP contribution >= 0.6 is 11.3 Å². The fraction of sp³-hybridized carbons (Fsp3) is 0.174. The Morgan fingerprint density at radius 1 is 1.16 bits per heavy atom. The Balaban J connectivity index is 1.73. The van der Waals surface area contributed by atoms with Crippen LogP contribution in [0.5, 0.6) is 0 Å². The quantitative estimate of drug-likeness (QED) is 0.502.